The van der Waals surface area contributed by atoms with E-state index < -0.39 is 0 Å². The van der Waals surface area contributed by atoms with Crippen LogP contribution in [-0.4, -0.2) is 29.2 Å². The molecular formula is C18H21N3O3. The molecule has 2 N–H and O–H groups in total. The van der Waals surface area contributed by atoms with Gasteiger partial charge in [0.2, 0.25) is 17.7 Å². The number of likely N-dealkylation sites (tertiary alicyclic amines) is 1. The van der Waals surface area contributed by atoms with Gasteiger partial charge in [-0.25, -0.2) is 0 Å². The van der Waals surface area contributed by atoms with Gasteiger partial charge in [-0.2, -0.15) is 0 Å². The van der Waals surface area contributed by atoms with Gasteiger partial charge in [-0.3, -0.25) is 30.1 Å². The van der Waals surface area contributed by atoms with E-state index in [0.717, 1.165) is 11.3 Å². The minimum Gasteiger partial charge on any atom is -0.298 e. The fraction of sp³-hybridized carbons (Fsp3) is 0.389. The number of aryl methyl sites for hydroxylation is 1. The molecule has 1 aromatic rings. The summed E-state index contributed by atoms with van der Waals surface area (Å²) in [5.74, 6) is -1.03. The van der Waals surface area contributed by atoms with Crippen LogP contribution in [0.3, 0.4) is 0 Å². The molecule has 24 heavy (non-hydrogen) atoms. The molecular weight excluding hydrogens is 306 g/mol. The summed E-state index contributed by atoms with van der Waals surface area (Å²) in [7, 11) is 0. The Kier molecular flexibility index (Phi) is 4.64. The maximum atomic E-state index is 12.3. The molecule has 0 saturated carbocycles. The number of hydrazine groups is 1. The van der Waals surface area contributed by atoms with E-state index in [-0.39, 0.29) is 42.5 Å². The van der Waals surface area contributed by atoms with Gasteiger partial charge in [0.25, 0.3) is 0 Å². The van der Waals surface area contributed by atoms with E-state index in [2.05, 4.69) is 10.9 Å². The van der Waals surface area contributed by atoms with Crippen LogP contribution in [0.15, 0.2) is 36.4 Å². The number of imide groups is 1. The molecule has 3 amide bonds. The Bertz CT molecular complexity index is 673. The highest BCUT2D eigenvalue weighted by Gasteiger charge is 2.46. The molecule has 6 nitrogen and oxygen atoms in total. The minimum absolute atomic E-state index is 0.0865. The third-order valence-electron chi connectivity index (χ3n) is 4.64. The number of fused-ring (bicyclic) bond motifs is 1. The Labute approximate surface area is 140 Å². The highest BCUT2D eigenvalue weighted by atomic mass is 16.2. The lowest BCUT2D eigenvalue weighted by Crippen LogP contribution is -2.37. The van der Waals surface area contributed by atoms with Crippen molar-refractivity contribution in [2.45, 2.75) is 26.2 Å². The standard InChI is InChI=1S/C18H21N3O3/c1-12-6-2-5-9-15(12)19-20-16(22)10-11-21-17(23)13-7-3-4-8-14(13)18(21)24/h2-6,9,13-14,19H,7-8,10-11H2,1H3,(H,20,22). The van der Waals surface area contributed by atoms with Crippen LogP contribution >= 0.6 is 0 Å². The molecule has 3 rings (SSSR count). The minimum atomic E-state index is -0.258. The van der Waals surface area contributed by atoms with Gasteiger partial charge in [0.05, 0.1) is 17.5 Å². The molecule has 2 aliphatic rings. The summed E-state index contributed by atoms with van der Waals surface area (Å²) in [6.45, 7) is 2.07. The van der Waals surface area contributed by atoms with Crippen LogP contribution in [0, 0.1) is 18.8 Å². The first-order valence-electron chi connectivity index (χ1n) is 8.18. The number of nitrogens with one attached hydrogen (secondary N) is 2. The number of carbonyl (C=O) groups excluding carboxylic acids is 3. The molecule has 126 valence electrons. The zero-order chi connectivity index (χ0) is 17.1. The fourth-order valence-electron chi connectivity index (χ4n) is 3.22. The van der Waals surface area contributed by atoms with Gasteiger partial charge in [-0.05, 0) is 31.4 Å². The molecule has 1 heterocycles. The lowest BCUT2D eigenvalue weighted by atomic mass is 9.85. The van der Waals surface area contributed by atoms with E-state index in [9.17, 15) is 14.4 Å². The van der Waals surface area contributed by atoms with E-state index in [1.165, 1.54) is 4.90 Å². The van der Waals surface area contributed by atoms with Crippen molar-refractivity contribution in [3.8, 4) is 0 Å². The van der Waals surface area contributed by atoms with Crippen LogP contribution in [0.2, 0.25) is 0 Å². The van der Waals surface area contributed by atoms with Crippen molar-refractivity contribution in [2.75, 3.05) is 12.0 Å². The summed E-state index contributed by atoms with van der Waals surface area (Å²) in [5.41, 5.74) is 7.30. The Morgan fingerprint density at radius 1 is 1.12 bits per heavy atom. The van der Waals surface area contributed by atoms with Crippen molar-refractivity contribution >= 4 is 23.4 Å². The summed E-state index contributed by atoms with van der Waals surface area (Å²) < 4.78 is 0. The Morgan fingerprint density at radius 2 is 1.75 bits per heavy atom. The summed E-state index contributed by atoms with van der Waals surface area (Å²) in [6, 6.07) is 7.59. The zero-order valence-corrected chi connectivity index (χ0v) is 13.6. The summed E-state index contributed by atoms with van der Waals surface area (Å²) in [5, 5.41) is 0. The molecule has 1 aromatic carbocycles. The molecule has 1 saturated heterocycles. The van der Waals surface area contributed by atoms with E-state index in [4.69, 9.17) is 0 Å². The SMILES string of the molecule is Cc1ccccc1NNC(=O)CCN1C(=O)C2CC=CCC2C1=O. The number of carbonyl (C=O) groups is 3. The van der Waals surface area contributed by atoms with Gasteiger partial charge < -0.3 is 0 Å². The number of rotatable bonds is 5. The molecule has 2 atom stereocenters. The summed E-state index contributed by atoms with van der Waals surface area (Å²) in [6.07, 6.45) is 5.23. The second kappa shape index (κ2) is 6.86. The lowest BCUT2D eigenvalue weighted by molar-refractivity contribution is -0.140. The van der Waals surface area contributed by atoms with Gasteiger partial charge in [0.1, 0.15) is 0 Å². The van der Waals surface area contributed by atoms with Crippen LogP contribution in [0.1, 0.15) is 24.8 Å². The second-order valence-electron chi connectivity index (χ2n) is 6.22. The van der Waals surface area contributed by atoms with Gasteiger partial charge in [-0.15, -0.1) is 0 Å². The molecule has 1 aliphatic carbocycles. The predicted octanol–water partition coefficient (Wildman–Crippen LogP) is 1.78. The first kappa shape index (κ1) is 16.2. The van der Waals surface area contributed by atoms with Crippen molar-refractivity contribution in [2.24, 2.45) is 11.8 Å². The topological polar surface area (TPSA) is 78.5 Å². The molecule has 0 spiro atoms. The van der Waals surface area contributed by atoms with Crippen molar-refractivity contribution in [3.63, 3.8) is 0 Å². The average molecular weight is 327 g/mol. The average Bonchev–Trinajstić information content (AvgIpc) is 2.84. The number of hydrogen-bond acceptors (Lipinski definition) is 4. The van der Waals surface area contributed by atoms with Crippen LogP contribution in [0.25, 0.3) is 0 Å². The first-order valence-corrected chi connectivity index (χ1v) is 8.18. The van der Waals surface area contributed by atoms with E-state index >= 15 is 0 Å². The lowest BCUT2D eigenvalue weighted by Gasteiger charge is -2.15. The highest BCUT2D eigenvalue weighted by Crippen LogP contribution is 2.34. The van der Waals surface area contributed by atoms with Crippen LogP contribution in [0.4, 0.5) is 5.69 Å². The highest BCUT2D eigenvalue weighted by molar-refractivity contribution is 6.05. The number of amides is 3. The number of hydrogen-bond donors (Lipinski definition) is 2. The molecule has 0 bridgehead atoms. The van der Waals surface area contributed by atoms with E-state index in [1.807, 2.05) is 43.3 Å². The maximum Gasteiger partial charge on any atom is 0.240 e. The molecule has 1 fully saturated rings. The first-order chi connectivity index (χ1) is 11.6. The monoisotopic (exact) mass is 327 g/mol. The van der Waals surface area contributed by atoms with Gasteiger partial charge in [0.15, 0.2) is 0 Å². The smallest absolute Gasteiger partial charge is 0.240 e. The normalized spacial score (nSPS) is 22.5. The number of para-hydroxylation sites is 1. The Morgan fingerprint density at radius 3 is 2.38 bits per heavy atom. The largest absolute Gasteiger partial charge is 0.298 e. The number of anilines is 1. The number of nitrogens with zero attached hydrogens (tertiary/aromatic N) is 1. The van der Waals surface area contributed by atoms with Crippen molar-refractivity contribution in [3.05, 3.63) is 42.0 Å². The van der Waals surface area contributed by atoms with Gasteiger partial charge >= 0.3 is 0 Å². The van der Waals surface area contributed by atoms with E-state index in [0.29, 0.717) is 12.8 Å². The van der Waals surface area contributed by atoms with Crippen LogP contribution in [0.5, 0.6) is 0 Å². The van der Waals surface area contributed by atoms with Crippen LogP contribution < -0.4 is 10.9 Å². The Balaban J connectivity index is 1.51. The number of allylic oxidation sites excluding steroid dienone is 2. The van der Waals surface area contributed by atoms with Crippen LogP contribution in [-0.2, 0) is 14.4 Å². The maximum absolute atomic E-state index is 12.3. The molecule has 2 unspecified atom stereocenters. The summed E-state index contributed by atoms with van der Waals surface area (Å²) >= 11 is 0. The number of benzene rings is 1. The molecule has 1 aliphatic heterocycles. The zero-order valence-electron chi connectivity index (χ0n) is 13.6. The van der Waals surface area contributed by atoms with Crippen molar-refractivity contribution < 1.29 is 14.4 Å². The molecule has 0 radical (unpaired) electrons. The molecule has 6 heteroatoms. The van der Waals surface area contributed by atoms with Gasteiger partial charge in [-0.1, -0.05) is 30.4 Å². The fourth-order valence-corrected chi connectivity index (χ4v) is 3.22. The second-order valence-corrected chi connectivity index (χ2v) is 6.22. The molecule has 0 aromatic heterocycles. The van der Waals surface area contributed by atoms with Crippen molar-refractivity contribution in [1.29, 1.82) is 0 Å². The quantitative estimate of drug-likeness (QED) is 0.491. The van der Waals surface area contributed by atoms with Gasteiger partial charge in [0, 0.05) is 13.0 Å². The van der Waals surface area contributed by atoms with Crippen molar-refractivity contribution in [1.82, 2.24) is 10.3 Å². The third-order valence-corrected chi connectivity index (χ3v) is 4.64. The third kappa shape index (κ3) is 3.18. The summed E-state index contributed by atoms with van der Waals surface area (Å²) in [4.78, 5) is 37.8. The predicted molar refractivity (Wildman–Crippen MR) is 89.6 cm³/mol. The Hall–Kier alpha value is -2.63. The van der Waals surface area contributed by atoms with E-state index in [1.54, 1.807) is 0 Å².